The maximum Gasteiger partial charge on any atom is 0.240 e. The number of aromatic nitrogens is 3. The highest BCUT2D eigenvalue weighted by Crippen LogP contribution is 2.17. The first-order chi connectivity index (χ1) is 14.3. The Hall–Kier alpha value is -2.78. The van der Waals surface area contributed by atoms with Crippen LogP contribution in [0.5, 0.6) is 0 Å². The summed E-state index contributed by atoms with van der Waals surface area (Å²) in [6, 6.07) is 16.8. The predicted octanol–water partition coefficient (Wildman–Crippen LogP) is 3.04. The van der Waals surface area contributed by atoms with E-state index in [4.69, 9.17) is 12.2 Å². The first kappa shape index (κ1) is 21.9. The predicted molar refractivity (Wildman–Crippen MR) is 119 cm³/mol. The Kier molecular flexibility index (Phi) is 7.17. The lowest BCUT2D eigenvalue weighted by Gasteiger charge is -2.09. The zero-order chi connectivity index (χ0) is 21.6. The molecule has 0 bridgehead atoms. The summed E-state index contributed by atoms with van der Waals surface area (Å²) < 4.78 is 26.4. The Morgan fingerprint density at radius 2 is 1.83 bits per heavy atom. The molecule has 0 aliphatic carbocycles. The summed E-state index contributed by atoms with van der Waals surface area (Å²) >= 11 is 5.25. The summed E-state index contributed by atoms with van der Waals surface area (Å²) in [5, 5.41) is 9.71. The van der Waals surface area contributed by atoms with Gasteiger partial charge in [-0.25, -0.2) is 8.42 Å². The lowest BCUT2D eigenvalue weighted by Crippen LogP contribution is -2.29. The van der Waals surface area contributed by atoms with E-state index in [0.717, 1.165) is 16.7 Å². The quantitative estimate of drug-likeness (QED) is 0.391. The SMILES string of the molecule is Cc1ccc(-c2n[nH]c(=S)n2CC(=O)NCCCS(=O)(=O)Cc2ccccc2)cc1. The first-order valence-electron chi connectivity index (χ1n) is 9.57. The van der Waals surface area contributed by atoms with Crippen LogP contribution in [0.15, 0.2) is 54.6 Å². The van der Waals surface area contributed by atoms with Gasteiger partial charge in [-0.05, 0) is 31.1 Å². The number of H-pyrrole nitrogens is 1. The molecule has 158 valence electrons. The standard InChI is InChI=1S/C21H24N4O3S2/c1-16-8-10-18(11-9-16)20-23-24-21(29)25(20)14-19(26)22-12-5-13-30(27,28)15-17-6-3-2-4-7-17/h2-4,6-11H,5,12-15H2,1H3,(H,22,26)(H,24,29). The third kappa shape index (κ3) is 6.11. The molecule has 0 saturated carbocycles. The minimum Gasteiger partial charge on any atom is -0.355 e. The molecule has 0 atom stereocenters. The van der Waals surface area contributed by atoms with Gasteiger partial charge in [0, 0.05) is 12.1 Å². The van der Waals surface area contributed by atoms with Crippen LogP contribution >= 0.6 is 12.2 Å². The molecule has 3 rings (SSSR count). The number of carbonyl (C=O) groups excluding carboxylic acids is 1. The molecule has 0 spiro atoms. The van der Waals surface area contributed by atoms with E-state index in [0.29, 0.717) is 17.0 Å². The van der Waals surface area contributed by atoms with E-state index in [2.05, 4.69) is 15.5 Å². The minimum absolute atomic E-state index is 0.00583. The number of rotatable bonds is 9. The Morgan fingerprint density at radius 1 is 1.13 bits per heavy atom. The van der Waals surface area contributed by atoms with Crippen molar-refractivity contribution in [2.45, 2.75) is 25.6 Å². The van der Waals surface area contributed by atoms with Crippen LogP contribution in [0.4, 0.5) is 0 Å². The number of nitrogens with zero attached hydrogens (tertiary/aromatic N) is 2. The van der Waals surface area contributed by atoms with Crippen molar-refractivity contribution in [3.8, 4) is 11.4 Å². The molecule has 3 aromatic rings. The second-order valence-corrected chi connectivity index (χ2v) is 9.66. The van der Waals surface area contributed by atoms with Crippen LogP contribution in [0.2, 0.25) is 0 Å². The number of carbonyl (C=O) groups is 1. The largest absolute Gasteiger partial charge is 0.355 e. The van der Waals surface area contributed by atoms with Gasteiger partial charge in [0.25, 0.3) is 0 Å². The van der Waals surface area contributed by atoms with Gasteiger partial charge in [-0.2, -0.15) is 5.10 Å². The fourth-order valence-corrected chi connectivity index (χ4v) is 4.63. The summed E-state index contributed by atoms with van der Waals surface area (Å²) in [7, 11) is -3.22. The number of amides is 1. The molecule has 0 fully saturated rings. The summed E-state index contributed by atoms with van der Waals surface area (Å²) in [5.41, 5.74) is 2.74. The lowest BCUT2D eigenvalue weighted by atomic mass is 10.1. The topological polar surface area (TPSA) is 96.8 Å². The van der Waals surface area contributed by atoms with Gasteiger partial charge in [0.1, 0.15) is 6.54 Å². The van der Waals surface area contributed by atoms with Crippen molar-refractivity contribution in [1.82, 2.24) is 20.1 Å². The molecule has 1 amide bonds. The van der Waals surface area contributed by atoms with E-state index in [1.165, 1.54) is 0 Å². The van der Waals surface area contributed by atoms with E-state index >= 15 is 0 Å². The van der Waals surface area contributed by atoms with Crippen LogP contribution in [-0.2, 0) is 26.9 Å². The average Bonchev–Trinajstić information content (AvgIpc) is 3.07. The maximum absolute atomic E-state index is 12.3. The first-order valence-corrected chi connectivity index (χ1v) is 11.8. The molecular weight excluding hydrogens is 420 g/mol. The van der Waals surface area contributed by atoms with Gasteiger partial charge in [0.05, 0.1) is 11.5 Å². The van der Waals surface area contributed by atoms with Gasteiger partial charge < -0.3 is 5.32 Å². The van der Waals surface area contributed by atoms with E-state index in [9.17, 15) is 13.2 Å². The average molecular weight is 445 g/mol. The van der Waals surface area contributed by atoms with Crippen LogP contribution in [-0.4, -0.2) is 41.4 Å². The van der Waals surface area contributed by atoms with Gasteiger partial charge >= 0.3 is 0 Å². The van der Waals surface area contributed by atoms with Crippen LogP contribution in [0.1, 0.15) is 17.5 Å². The fourth-order valence-electron chi connectivity index (χ4n) is 3.01. The summed E-state index contributed by atoms with van der Waals surface area (Å²) in [6.45, 7) is 2.28. The van der Waals surface area contributed by atoms with Crippen molar-refractivity contribution in [2.75, 3.05) is 12.3 Å². The van der Waals surface area contributed by atoms with Crippen molar-refractivity contribution < 1.29 is 13.2 Å². The van der Waals surface area contributed by atoms with Gasteiger partial charge in [0.15, 0.2) is 20.4 Å². The molecule has 0 unspecified atom stereocenters. The number of benzene rings is 2. The zero-order valence-corrected chi connectivity index (χ0v) is 18.3. The number of sulfone groups is 1. The maximum atomic E-state index is 12.3. The zero-order valence-electron chi connectivity index (χ0n) is 16.7. The van der Waals surface area contributed by atoms with Crippen LogP contribution < -0.4 is 5.32 Å². The molecule has 0 aliphatic heterocycles. The molecule has 1 heterocycles. The van der Waals surface area contributed by atoms with Gasteiger partial charge in [-0.3, -0.25) is 14.5 Å². The van der Waals surface area contributed by atoms with E-state index in [1.54, 1.807) is 16.7 Å². The van der Waals surface area contributed by atoms with Crippen molar-refractivity contribution in [2.24, 2.45) is 0 Å². The Balaban J connectivity index is 1.51. The van der Waals surface area contributed by atoms with Crippen LogP contribution in [0, 0.1) is 11.7 Å². The molecule has 2 aromatic carbocycles. The number of aromatic amines is 1. The molecule has 7 nitrogen and oxygen atoms in total. The summed E-state index contributed by atoms with van der Waals surface area (Å²) in [4.78, 5) is 12.3. The van der Waals surface area contributed by atoms with Gasteiger partial charge in [0.2, 0.25) is 5.91 Å². The third-order valence-electron chi connectivity index (χ3n) is 4.55. The fraction of sp³-hybridized carbons (Fsp3) is 0.286. The summed E-state index contributed by atoms with van der Waals surface area (Å²) in [6.07, 6.45) is 0.350. The highest BCUT2D eigenvalue weighted by Gasteiger charge is 2.14. The molecule has 2 N–H and O–H groups in total. The van der Waals surface area contributed by atoms with E-state index in [-0.39, 0.29) is 30.5 Å². The second kappa shape index (κ2) is 9.82. The van der Waals surface area contributed by atoms with Crippen molar-refractivity contribution in [3.63, 3.8) is 0 Å². The van der Waals surface area contributed by atoms with E-state index < -0.39 is 9.84 Å². The number of nitrogens with one attached hydrogen (secondary N) is 2. The van der Waals surface area contributed by atoms with Crippen molar-refractivity contribution in [3.05, 3.63) is 70.5 Å². The summed E-state index contributed by atoms with van der Waals surface area (Å²) in [5.74, 6) is 0.357. The van der Waals surface area contributed by atoms with Crippen LogP contribution in [0.25, 0.3) is 11.4 Å². The monoisotopic (exact) mass is 444 g/mol. The van der Waals surface area contributed by atoms with Crippen molar-refractivity contribution in [1.29, 1.82) is 0 Å². The molecule has 30 heavy (non-hydrogen) atoms. The smallest absolute Gasteiger partial charge is 0.240 e. The number of hydrogen-bond acceptors (Lipinski definition) is 5. The lowest BCUT2D eigenvalue weighted by molar-refractivity contribution is -0.121. The third-order valence-corrected chi connectivity index (χ3v) is 6.55. The number of aryl methyl sites for hydroxylation is 1. The highest BCUT2D eigenvalue weighted by atomic mass is 32.2. The Bertz CT molecular complexity index is 1150. The normalized spacial score (nSPS) is 11.4. The van der Waals surface area contributed by atoms with Gasteiger partial charge in [-0.1, -0.05) is 60.2 Å². The molecule has 0 radical (unpaired) electrons. The Morgan fingerprint density at radius 3 is 2.53 bits per heavy atom. The molecule has 0 aliphatic rings. The minimum atomic E-state index is -3.22. The molecule has 9 heteroatoms. The van der Waals surface area contributed by atoms with E-state index in [1.807, 2.05) is 49.4 Å². The number of hydrogen-bond donors (Lipinski definition) is 2. The molecular formula is C21H24N4O3S2. The molecule has 0 saturated heterocycles. The molecule has 1 aromatic heterocycles. The highest BCUT2D eigenvalue weighted by molar-refractivity contribution is 7.90. The second-order valence-electron chi connectivity index (χ2n) is 7.09. The van der Waals surface area contributed by atoms with Crippen LogP contribution in [0.3, 0.4) is 0 Å². The van der Waals surface area contributed by atoms with Crippen molar-refractivity contribution >= 4 is 28.0 Å². The Labute approximate surface area is 181 Å². The van der Waals surface area contributed by atoms with Gasteiger partial charge in [-0.15, -0.1) is 0 Å².